The molecule has 88 valence electrons. The molecule has 0 aromatic carbocycles. The predicted octanol–water partition coefficient (Wildman–Crippen LogP) is 0.793. The lowest BCUT2D eigenvalue weighted by Gasteiger charge is -1.99. The van der Waals surface area contributed by atoms with Gasteiger partial charge in [-0.3, -0.25) is 4.79 Å². The first-order valence-electron chi connectivity index (χ1n) is 4.88. The van der Waals surface area contributed by atoms with E-state index in [1.54, 1.807) is 12.4 Å². The SMILES string of the molecule is Cc1cnc(C(=O)CCCS(C)(=O)=O)nc1. The lowest BCUT2D eigenvalue weighted by atomic mass is 10.2. The minimum absolute atomic E-state index is 0.0185. The van der Waals surface area contributed by atoms with Gasteiger partial charge in [0.25, 0.3) is 0 Å². The van der Waals surface area contributed by atoms with E-state index >= 15 is 0 Å². The summed E-state index contributed by atoms with van der Waals surface area (Å²) in [5, 5.41) is 0. The van der Waals surface area contributed by atoms with Gasteiger partial charge < -0.3 is 0 Å². The molecule has 0 aliphatic carbocycles. The van der Waals surface area contributed by atoms with Gasteiger partial charge in [0.1, 0.15) is 9.84 Å². The highest BCUT2D eigenvalue weighted by Crippen LogP contribution is 2.02. The van der Waals surface area contributed by atoms with E-state index in [9.17, 15) is 13.2 Å². The zero-order valence-corrected chi connectivity index (χ0v) is 10.1. The van der Waals surface area contributed by atoms with E-state index < -0.39 is 9.84 Å². The van der Waals surface area contributed by atoms with Crippen LogP contribution in [0.4, 0.5) is 0 Å². The second kappa shape index (κ2) is 5.16. The molecule has 0 radical (unpaired) electrons. The van der Waals surface area contributed by atoms with Crippen LogP contribution in [-0.2, 0) is 9.84 Å². The molecule has 0 bridgehead atoms. The van der Waals surface area contributed by atoms with Crippen LogP contribution in [-0.4, -0.2) is 36.2 Å². The molecule has 5 nitrogen and oxygen atoms in total. The monoisotopic (exact) mass is 242 g/mol. The van der Waals surface area contributed by atoms with Gasteiger partial charge in [0.2, 0.25) is 0 Å². The molecule has 0 spiro atoms. The molecule has 0 unspecified atom stereocenters. The Morgan fingerprint density at radius 3 is 2.38 bits per heavy atom. The van der Waals surface area contributed by atoms with Gasteiger partial charge in [-0.1, -0.05) is 0 Å². The van der Waals surface area contributed by atoms with Crippen LogP contribution >= 0.6 is 0 Å². The minimum atomic E-state index is -3.00. The fourth-order valence-electron chi connectivity index (χ4n) is 1.14. The molecule has 0 fully saturated rings. The zero-order valence-electron chi connectivity index (χ0n) is 9.30. The second-order valence-corrected chi connectivity index (χ2v) is 6.00. The molecule has 1 aromatic rings. The first-order chi connectivity index (χ1) is 7.38. The Bertz CT molecular complexity index is 465. The number of Topliss-reactive ketones (excluding diaryl/α,β-unsaturated/α-hetero) is 1. The molecule has 6 heteroatoms. The largest absolute Gasteiger partial charge is 0.291 e. The number of hydrogen-bond donors (Lipinski definition) is 0. The summed E-state index contributed by atoms with van der Waals surface area (Å²) in [5.74, 6) is -0.0484. The van der Waals surface area contributed by atoms with E-state index in [-0.39, 0.29) is 23.8 Å². The van der Waals surface area contributed by atoms with Gasteiger partial charge >= 0.3 is 0 Å². The third-order valence-electron chi connectivity index (χ3n) is 1.95. The maximum atomic E-state index is 11.5. The molecule has 0 saturated heterocycles. The Morgan fingerprint density at radius 2 is 1.88 bits per heavy atom. The summed E-state index contributed by atoms with van der Waals surface area (Å²) in [6.45, 7) is 1.83. The van der Waals surface area contributed by atoms with Gasteiger partial charge in [0.05, 0.1) is 5.75 Å². The highest BCUT2D eigenvalue weighted by Gasteiger charge is 2.10. The molecule has 0 amide bonds. The number of aryl methyl sites for hydroxylation is 1. The van der Waals surface area contributed by atoms with Crippen molar-refractivity contribution in [1.82, 2.24) is 9.97 Å². The second-order valence-electron chi connectivity index (χ2n) is 3.74. The quantitative estimate of drug-likeness (QED) is 0.713. The van der Waals surface area contributed by atoms with Crippen LogP contribution < -0.4 is 0 Å². The van der Waals surface area contributed by atoms with Crippen LogP contribution in [0.3, 0.4) is 0 Å². The van der Waals surface area contributed by atoms with Crippen molar-refractivity contribution in [2.45, 2.75) is 19.8 Å². The summed E-state index contributed by atoms with van der Waals surface area (Å²) >= 11 is 0. The van der Waals surface area contributed by atoms with Gasteiger partial charge in [0.15, 0.2) is 11.6 Å². The molecule has 1 aromatic heterocycles. The normalized spacial score (nSPS) is 11.4. The summed E-state index contributed by atoms with van der Waals surface area (Å²) in [5.41, 5.74) is 0.882. The zero-order chi connectivity index (χ0) is 12.2. The van der Waals surface area contributed by atoms with Crippen molar-refractivity contribution in [3.63, 3.8) is 0 Å². The van der Waals surface area contributed by atoms with Crippen LogP contribution in [0.15, 0.2) is 12.4 Å². The van der Waals surface area contributed by atoms with Crippen LogP contribution in [0.1, 0.15) is 29.0 Å². The van der Waals surface area contributed by atoms with Crippen LogP contribution in [0.5, 0.6) is 0 Å². The molecule has 16 heavy (non-hydrogen) atoms. The van der Waals surface area contributed by atoms with E-state index in [1.165, 1.54) is 0 Å². The topological polar surface area (TPSA) is 77.0 Å². The van der Waals surface area contributed by atoms with E-state index in [0.717, 1.165) is 11.8 Å². The third kappa shape index (κ3) is 4.48. The Kier molecular flexibility index (Phi) is 4.12. The lowest BCUT2D eigenvalue weighted by molar-refractivity contribution is 0.0972. The summed E-state index contributed by atoms with van der Waals surface area (Å²) in [7, 11) is -3.00. The number of aromatic nitrogens is 2. The van der Waals surface area contributed by atoms with Crippen LogP contribution in [0, 0.1) is 6.92 Å². The van der Waals surface area contributed by atoms with E-state index in [0.29, 0.717) is 6.42 Å². The van der Waals surface area contributed by atoms with E-state index in [4.69, 9.17) is 0 Å². The van der Waals surface area contributed by atoms with Gasteiger partial charge in [-0.05, 0) is 18.9 Å². The number of carbonyl (C=O) groups excluding carboxylic acids is 1. The number of carbonyl (C=O) groups is 1. The van der Waals surface area contributed by atoms with Crippen molar-refractivity contribution in [2.24, 2.45) is 0 Å². The Morgan fingerprint density at radius 1 is 1.31 bits per heavy atom. The van der Waals surface area contributed by atoms with Crippen LogP contribution in [0.25, 0.3) is 0 Å². The number of rotatable bonds is 5. The maximum absolute atomic E-state index is 11.5. The smallest absolute Gasteiger partial charge is 0.200 e. The first-order valence-corrected chi connectivity index (χ1v) is 6.94. The average molecular weight is 242 g/mol. The van der Waals surface area contributed by atoms with Crippen molar-refractivity contribution >= 4 is 15.6 Å². The summed E-state index contributed by atoms with van der Waals surface area (Å²) in [4.78, 5) is 19.3. The van der Waals surface area contributed by atoms with Crippen LogP contribution in [0.2, 0.25) is 0 Å². The summed E-state index contributed by atoms with van der Waals surface area (Å²) < 4.78 is 21.7. The first kappa shape index (κ1) is 12.8. The minimum Gasteiger partial charge on any atom is -0.291 e. The third-order valence-corrected chi connectivity index (χ3v) is 2.98. The van der Waals surface area contributed by atoms with E-state index in [2.05, 4.69) is 9.97 Å². The molecule has 0 atom stereocenters. The van der Waals surface area contributed by atoms with Gasteiger partial charge in [-0.25, -0.2) is 18.4 Å². The van der Waals surface area contributed by atoms with E-state index in [1.807, 2.05) is 6.92 Å². The van der Waals surface area contributed by atoms with Gasteiger partial charge in [-0.15, -0.1) is 0 Å². The fraction of sp³-hybridized carbons (Fsp3) is 0.500. The maximum Gasteiger partial charge on any atom is 0.200 e. The van der Waals surface area contributed by atoms with Crippen molar-refractivity contribution in [2.75, 3.05) is 12.0 Å². The molecule has 0 aliphatic rings. The number of hydrogen-bond acceptors (Lipinski definition) is 5. The molecule has 1 heterocycles. The molecular formula is C10H14N2O3S. The number of nitrogens with zero attached hydrogens (tertiary/aromatic N) is 2. The van der Waals surface area contributed by atoms with Crippen molar-refractivity contribution in [1.29, 1.82) is 0 Å². The standard InChI is InChI=1S/C10H14N2O3S/c1-8-6-11-10(12-7-8)9(13)4-3-5-16(2,14)15/h6-7H,3-5H2,1-2H3. The highest BCUT2D eigenvalue weighted by molar-refractivity contribution is 7.90. The lowest BCUT2D eigenvalue weighted by Crippen LogP contribution is -2.09. The average Bonchev–Trinajstić information content (AvgIpc) is 2.16. The summed E-state index contributed by atoms with van der Waals surface area (Å²) in [6.07, 6.45) is 4.76. The molecule has 0 saturated carbocycles. The number of sulfone groups is 1. The molecule has 0 aliphatic heterocycles. The molecule has 1 rings (SSSR count). The fourth-order valence-corrected chi connectivity index (χ4v) is 1.81. The predicted molar refractivity (Wildman–Crippen MR) is 60.0 cm³/mol. The van der Waals surface area contributed by atoms with Gasteiger partial charge in [0, 0.05) is 25.1 Å². The summed E-state index contributed by atoms with van der Waals surface area (Å²) in [6, 6.07) is 0. The molecular weight excluding hydrogens is 228 g/mol. The van der Waals surface area contributed by atoms with Gasteiger partial charge in [-0.2, -0.15) is 0 Å². The Labute approximate surface area is 94.8 Å². The Balaban J connectivity index is 2.50. The van der Waals surface area contributed by atoms with Crippen molar-refractivity contribution in [3.05, 3.63) is 23.8 Å². The Hall–Kier alpha value is -1.30. The molecule has 0 N–H and O–H groups in total. The van der Waals surface area contributed by atoms with Crippen molar-refractivity contribution in [3.8, 4) is 0 Å². The highest BCUT2D eigenvalue weighted by atomic mass is 32.2. The van der Waals surface area contributed by atoms with Crippen molar-refractivity contribution < 1.29 is 13.2 Å². The number of ketones is 1.